The highest BCUT2D eigenvalue weighted by molar-refractivity contribution is 9.10. The van der Waals surface area contributed by atoms with Gasteiger partial charge in [-0.3, -0.25) is 4.79 Å². The molecule has 2 aliphatic heterocycles. The molecule has 0 saturated carbocycles. The first-order valence-electron chi connectivity index (χ1n) is 13.2. The zero-order valence-electron chi connectivity index (χ0n) is 21.8. The minimum Gasteiger partial charge on any atom is -0.354 e. The summed E-state index contributed by atoms with van der Waals surface area (Å²) < 4.78 is 0.830. The molecule has 6 heteroatoms. The molecule has 0 atom stereocenters. The van der Waals surface area contributed by atoms with Crippen LogP contribution in [0.5, 0.6) is 0 Å². The van der Waals surface area contributed by atoms with Gasteiger partial charge >= 0.3 is 0 Å². The highest BCUT2D eigenvalue weighted by Crippen LogP contribution is 2.35. The maximum atomic E-state index is 11.4. The fraction of sp³-hybridized carbons (Fsp3) is 0. The third-order valence-electron chi connectivity index (χ3n) is 7.20. The summed E-state index contributed by atoms with van der Waals surface area (Å²) in [5, 5.41) is 0. The lowest BCUT2D eigenvalue weighted by Gasteiger charge is -2.04. The number of aromatic nitrogens is 4. The molecule has 41 heavy (non-hydrogen) atoms. The van der Waals surface area contributed by atoms with E-state index in [4.69, 9.17) is 9.97 Å². The van der Waals surface area contributed by atoms with Gasteiger partial charge in [-0.05, 0) is 87.8 Å². The van der Waals surface area contributed by atoms with E-state index in [0.717, 1.165) is 83.4 Å². The van der Waals surface area contributed by atoms with Crippen molar-refractivity contribution in [2.24, 2.45) is 0 Å². The van der Waals surface area contributed by atoms with Crippen molar-refractivity contribution in [1.82, 2.24) is 19.9 Å². The third-order valence-corrected chi connectivity index (χ3v) is 8.01. The third kappa shape index (κ3) is 4.58. The van der Waals surface area contributed by atoms with Gasteiger partial charge in [0.25, 0.3) is 0 Å². The molecule has 2 aromatic carbocycles. The zero-order valence-corrected chi connectivity index (χ0v) is 23.4. The number of rotatable bonds is 4. The molecule has 7 rings (SSSR count). The van der Waals surface area contributed by atoms with E-state index in [1.807, 2.05) is 78.9 Å². The van der Waals surface area contributed by atoms with Crippen LogP contribution >= 0.6 is 15.9 Å². The second-order valence-corrected chi connectivity index (χ2v) is 10.5. The maximum absolute atomic E-state index is 11.4. The van der Waals surface area contributed by atoms with E-state index in [0.29, 0.717) is 0 Å². The molecular formula is C35H23BrN4O. The Bertz CT molecular complexity index is 1930. The van der Waals surface area contributed by atoms with Crippen molar-refractivity contribution < 1.29 is 4.79 Å². The molecule has 0 unspecified atom stereocenters. The molecule has 8 bridgehead atoms. The van der Waals surface area contributed by atoms with E-state index in [1.54, 1.807) is 0 Å². The molecule has 5 aromatic rings. The SMILES string of the molecule is O=C/C=C/c1c2ccc([nH]2)c(-c2ccccc2)c2nc(c(Br)c3nc(c(-c4ccccc4)c4ccc1[nH]4)C=C3)C=C2. The van der Waals surface area contributed by atoms with Crippen molar-refractivity contribution in [1.29, 1.82) is 0 Å². The van der Waals surface area contributed by atoms with E-state index in [-0.39, 0.29) is 0 Å². The molecule has 2 aliphatic rings. The molecule has 0 aliphatic carbocycles. The summed E-state index contributed by atoms with van der Waals surface area (Å²) >= 11 is 3.80. The number of halogens is 1. The summed E-state index contributed by atoms with van der Waals surface area (Å²) in [6, 6.07) is 28.7. The number of aromatic amines is 2. The van der Waals surface area contributed by atoms with Gasteiger partial charge in [0, 0.05) is 38.8 Å². The second-order valence-electron chi connectivity index (χ2n) is 9.71. The van der Waals surface area contributed by atoms with Gasteiger partial charge in [-0.2, -0.15) is 0 Å². The van der Waals surface area contributed by atoms with Crippen LogP contribution in [-0.2, 0) is 4.79 Å². The Kier molecular flexibility index (Phi) is 6.38. The number of H-pyrrole nitrogens is 2. The first-order valence-corrected chi connectivity index (χ1v) is 14.0. The Morgan fingerprint density at radius 1 is 0.561 bits per heavy atom. The number of benzene rings is 2. The first-order chi connectivity index (χ1) is 20.2. The number of carbonyl (C=O) groups is 1. The second kappa shape index (κ2) is 10.5. The average molecular weight is 596 g/mol. The van der Waals surface area contributed by atoms with Gasteiger partial charge in [0.2, 0.25) is 0 Å². The summed E-state index contributed by atoms with van der Waals surface area (Å²) in [7, 11) is 0. The standard InChI is InChI=1S/C35H23BrN4O/c36-35-31-19-17-29(39-31)33(22-8-3-1-4-9-22)27-15-13-25(37-27)24(12-7-21-41)26-14-16-28(38-26)34(23-10-5-2-6-11-23)30-18-20-32(35)40-30/h1-21,37-38H/b12-7+,25-24?,26-24?,33-27?,33-29?,34-28?,34-30?,35-31?,35-32?. The Balaban J connectivity index is 1.66. The van der Waals surface area contributed by atoms with Gasteiger partial charge in [-0.1, -0.05) is 60.7 Å². The highest BCUT2D eigenvalue weighted by Gasteiger charge is 2.16. The molecule has 196 valence electrons. The molecule has 0 amide bonds. The molecular weight excluding hydrogens is 572 g/mol. The van der Waals surface area contributed by atoms with E-state index in [2.05, 4.69) is 62.3 Å². The monoisotopic (exact) mass is 594 g/mol. The van der Waals surface area contributed by atoms with Gasteiger partial charge in [0.05, 0.1) is 27.2 Å². The van der Waals surface area contributed by atoms with Crippen LogP contribution in [0.2, 0.25) is 0 Å². The van der Waals surface area contributed by atoms with Crippen molar-refractivity contribution >= 4 is 74.7 Å². The number of hydrogen-bond donors (Lipinski definition) is 2. The van der Waals surface area contributed by atoms with Gasteiger partial charge in [-0.25, -0.2) is 9.97 Å². The normalized spacial score (nSPS) is 12.3. The Morgan fingerprint density at radius 2 is 1.00 bits per heavy atom. The summed E-state index contributed by atoms with van der Waals surface area (Å²) in [5.74, 6) is 0. The van der Waals surface area contributed by atoms with Crippen molar-refractivity contribution in [3.63, 3.8) is 0 Å². The molecule has 3 aromatic heterocycles. The average Bonchev–Trinajstić information content (AvgIpc) is 3.83. The fourth-order valence-electron chi connectivity index (χ4n) is 5.33. The zero-order chi connectivity index (χ0) is 27.8. The Hall–Kier alpha value is -5.07. The topological polar surface area (TPSA) is 74.4 Å². The molecule has 0 saturated heterocycles. The van der Waals surface area contributed by atoms with Crippen LogP contribution < -0.4 is 0 Å². The highest BCUT2D eigenvalue weighted by atomic mass is 79.9. The molecule has 5 heterocycles. The minimum absolute atomic E-state index is 0.794. The lowest BCUT2D eigenvalue weighted by molar-refractivity contribution is -0.104. The van der Waals surface area contributed by atoms with Gasteiger partial charge < -0.3 is 9.97 Å². The maximum Gasteiger partial charge on any atom is 0.142 e. The predicted molar refractivity (Wildman–Crippen MR) is 173 cm³/mol. The molecule has 0 spiro atoms. The van der Waals surface area contributed by atoms with Gasteiger partial charge in [0.15, 0.2) is 0 Å². The van der Waals surface area contributed by atoms with Gasteiger partial charge in [0.1, 0.15) is 6.29 Å². The van der Waals surface area contributed by atoms with E-state index in [9.17, 15) is 4.79 Å². The van der Waals surface area contributed by atoms with Crippen molar-refractivity contribution in [2.75, 3.05) is 0 Å². The van der Waals surface area contributed by atoms with Crippen LogP contribution in [0, 0.1) is 0 Å². The number of allylic oxidation sites excluding steroid dienone is 1. The quantitative estimate of drug-likeness (QED) is 0.158. The molecule has 2 N–H and O–H groups in total. The van der Waals surface area contributed by atoms with Crippen molar-refractivity contribution in [2.45, 2.75) is 0 Å². The lowest BCUT2D eigenvalue weighted by atomic mass is 10.0. The smallest absolute Gasteiger partial charge is 0.142 e. The first kappa shape index (κ1) is 24.9. The minimum atomic E-state index is 0.794. The summed E-state index contributed by atoms with van der Waals surface area (Å²) in [5.41, 5.74) is 11.8. The number of nitrogens with zero attached hydrogens (tertiary/aromatic N) is 2. The number of fused-ring (bicyclic) bond motifs is 8. The van der Waals surface area contributed by atoms with Crippen LogP contribution in [0.15, 0.2) is 95.5 Å². The van der Waals surface area contributed by atoms with Crippen LogP contribution in [0.4, 0.5) is 0 Å². The summed E-state index contributed by atoms with van der Waals surface area (Å²) in [4.78, 5) is 28.7. The molecule has 0 radical (unpaired) electrons. The van der Waals surface area contributed by atoms with E-state index in [1.165, 1.54) is 6.08 Å². The molecule has 0 fully saturated rings. The number of hydrogen-bond acceptors (Lipinski definition) is 3. The predicted octanol–water partition coefficient (Wildman–Crippen LogP) is 8.96. The Labute approximate surface area is 244 Å². The number of carbonyl (C=O) groups excluding carboxylic acids is 1. The number of nitrogens with one attached hydrogen (secondary N) is 2. The number of aldehydes is 1. The Morgan fingerprint density at radius 3 is 1.46 bits per heavy atom. The van der Waals surface area contributed by atoms with E-state index >= 15 is 0 Å². The van der Waals surface area contributed by atoms with Crippen LogP contribution in [0.3, 0.4) is 0 Å². The van der Waals surface area contributed by atoms with Crippen LogP contribution in [-0.4, -0.2) is 26.2 Å². The van der Waals surface area contributed by atoms with Gasteiger partial charge in [-0.15, -0.1) is 0 Å². The van der Waals surface area contributed by atoms with Crippen LogP contribution in [0.25, 0.3) is 74.7 Å². The van der Waals surface area contributed by atoms with Crippen molar-refractivity contribution in [3.05, 3.63) is 124 Å². The lowest BCUT2D eigenvalue weighted by Crippen LogP contribution is -1.88. The van der Waals surface area contributed by atoms with Crippen molar-refractivity contribution in [3.8, 4) is 22.3 Å². The fourth-order valence-corrected chi connectivity index (χ4v) is 5.77. The summed E-state index contributed by atoms with van der Waals surface area (Å²) in [6.45, 7) is 0. The summed E-state index contributed by atoms with van der Waals surface area (Å²) in [6.07, 6.45) is 12.2. The van der Waals surface area contributed by atoms with E-state index < -0.39 is 0 Å². The van der Waals surface area contributed by atoms with Crippen LogP contribution in [0.1, 0.15) is 28.3 Å². The molecule has 5 nitrogen and oxygen atoms in total. The largest absolute Gasteiger partial charge is 0.354 e.